The second-order valence-corrected chi connectivity index (χ2v) is 7.40. The molecule has 1 aromatic carbocycles. The molecule has 1 heterocycles. The molecule has 1 aromatic heterocycles. The Labute approximate surface area is 173 Å². The molecule has 8 nitrogen and oxygen atoms in total. The van der Waals surface area contributed by atoms with E-state index in [1.165, 1.54) is 11.3 Å². The van der Waals surface area contributed by atoms with E-state index in [0.29, 0.717) is 28.7 Å². The molecule has 0 aliphatic heterocycles. The number of anilines is 1. The van der Waals surface area contributed by atoms with Gasteiger partial charge >= 0.3 is 5.97 Å². The van der Waals surface area contributed by atoms with Crippen molar-refractivity contribution in [2.75, 3.05) is 19.0 Å². The minimum absolute atomic E-state index is 0.0437. The zero-order valence-corrected chi connectivity index (χ0v) is 17.7. The summed E-state index contributed by atoms with van der Waals surface area (Å²) in [6.45, 7) is 5.71. The molecule has 2 amide bonds. The first-order valence-corrected chi connectivity index (χ1v) is 10.1. The van der Waals surface area contributed by atoms with Gasteiger partial charge in [-0.25, -0.2) is 4.98 Å². The molecule has 156 valence electrons. The maximum atomic E-state index is 12.7. The third-order valence-corrected chi connectivity index (χ3v) is 4.81. The summed E-state index contributed by atoms with van der Waals surface area (Å²) in [5, 5.41) is 7.51. The van der Waals surface area contributed by atoms with Gasteiger partial charge in [0.25, 0.3) is 5.91 Å². The van der Waals surface area contributed by atoms with Crippen LogP contribution in [0, 0.1) is 5.92 Å². The van der Waals surface area contributed by atoms with E-state index in [0.717, 1.165) is 0 Å². The van der Waals surface area contributed by atoms with Gasteiger partial charge in [0, 0.05) is 10.9 Å². The molecule has 1 atom stereocenters. The maximum absolute atomic E-state index is 12.7. The highest BCUT2D eigenvalue weighted by atomic mass is 32.1. The van der Waals surface area contributed by atoms with E-state index in [1.54, 1.807) is 43.7 Å². The quantitative estimate of drug-likeness (QED) is 0.605. The molecule has 0 spiro atoms. The lowest BCUT2D eigenvalue weighted by molar-refractivity contribution is -0.142. The third-order valence-electron chi connectivity index (χ3n) is 4.00. The van der Waals surface area contributed by atoms with Crippen LogP contribution in [0.15, 0.2) is 29.6 Å². The molecule has 0 saturated heterocycles. The van der Waals surface area contributed by atoms with E-state index >= 15 is 0 Å². The number of benzene rings is 1. The van der Waals surface area contributed by atoms with Gasteiger partial charge in [-0.2, -0.15) is 0 Å². The van der Waals surface area contributed by atoms with E-state index in [-0.39, 0.29) is 30.1 Å². The summed E-state index contributed by atoms with van der Waals surface area (Å²) < 4.78 is 9.97. The van der Waals surface area contributed by atoms with Crippen LogP contribution in [0.4, 0.5) is 5.13 Å². The van der Waals surface area contributed by atoms with Crippen LogP contribution in [0.2, 0.25) is 0 Å². The van der Waals surface area contributed by atoms with Crippen LogP contribution >= 0.6 is 11.3 Å². The smallest absolute Gasteiger partial charge is 0.311 e. The first kappa shape index (κ1) is 22.4. The number of rotatable bonds is 9. The fourth-order valence-corrected chi connectivity index (χ4v) is 3.20. The Morgan fingerprint density at radius 2 is 1.86 bits per heavy atom. The van der Waals surface area contributed by atoms with Gasteiger partial charge in [-0.05, 0) is 37.1 Å². The number of ether oxygens (including phenoxy) is 2. The number of methoxy groups -OCH3 is 1. The van der Waals surface area contributed by atoms with E-state index in [9.17, 15) is 14.4 Å². The fourth-order valence-electron chi connectivity index (χ4n) is 2.49. The number of aromatic nitrogens is 1. The van der Waals surface area contributed by atoms with E-state index in [4.69, 9.17) is 9.47 Å². The van der Waals surface area contributed by atoms with Crippen LogP contribution in [-0.2, 0) is 20.7 Å². The van der Waals surface area contributed by atoms with E-state index in [2.05, 4.69) is 15.6 Å². The standard InChI is InChI=1S/C20H25N3O5S/c1-5-28-16(24)10-14-11-29-20(21-14)23-19(26)17(12(2)3)22-18(25)13-6-8-15(27-4)9-7-13/h6-9,11-12,17H,5,10H2,1-4H3,(H,22,25)(H,21,23,26). The van der Waals surface area contributed by atoms with Gasteiger partial charge in [0.2, 0.25) is 5.91 Å². The predicted molar refractivity (Wildman–Crippen MR) is 110 cm³/mol. The van der Waals surface area contributed by atoms with Crippen LogP contribution in [-0.4, -0.2) is 42.5 Å². The lowest BCUT2D eigenvalue weighted by atomic mass is 10.0. The monoisotopic (exact) mass is 419 g/mol. The number of esters is 1. The van der Waals surface area contributed by atoms with Crippen molar-refractivity contribution in [2.24, 2.45) is 5.92 Å². The first-order valence-electron chi connectivity index (χ1n) is 9.19. The Hall–Kier alpha value is -2.94. The fraction of sp³-hybridized carbons (Fsp3) is 0.400. The number of amides is 2. The zero-order valence-electron chi connectivity index (χ0n) is 16.9. The Kier molecular flexibility index (Phi) is 8.14. The minimum atomic E-state index is -0.748. The molecule has 1 unspecified atom stereocenters. The molecule has 0 bridgehead atoms. The zero-order chi connectivity index (χ0) is 21.4. The van der Waals surface area contributed by atoms with Crippen molar-refractivity contribution in [2.45, 2.75) is 33.2 Å². The molecule has 0 aliphatic carbocycles. The largest absolute Gasteiger partial charge is 0.497 e. The summed E-state index contributed by atoms with van der Waals surface area (Å²) in [4.78, 5) is 41.0. The molecule has 2 rings (SSSR count). The summed E-state index contributed by atoms with van der Waals surface area (Å²) in [5.74, 6) is -0.608. The second-order valence-electron chi connectivity index (χ2n) is 6.54. The van der Waals surface area contributed by atoms with Crippen LogP contribution < -0.4 is 15.4 Å². The third kappa shape index (κ3) is 6.56. The molecule has 0 saturated carbocycles. The topological polar surface area (TPSA) is 107 Å². The normalized spacial score (nSPS) is 11.6. The molecule has 29 heavy (non-hydrogen) atoms. The van der Waals surface area contributed by atoms with Gasteiger partial charge < -0.3 is 20.1 Å². The molecule has 0 aliphatic rings. The second kappa shape index (κ2) is 10.6. The molecule has 0 fully saturated rings. The molecule has 9 heteroatoms. The van der Waals surface area contributed by atoms with Gasteiger partial charge in [-0.1, -0.05) is 13.8 Å². The van der Waals surface area contributed by atoms with Crippen molar-refractivity contribution in [3.05, 3.63) is 40.9 Å². The molecular formula is C20H25N3O5S. The number of thiazole rings is 1. The van der Waals surface area contributed by atoms with Crippen LogP contribution in [0.5, 0.6) is 5.75 Å². The summed E-state index contributed by atoms with van der Waals surface area (Å²) >= 11 is 1.21. The van der Waals surface area contributed by atoms with Crippen molar-refractivity contribution in [3.63, 3.8) is 0 Å². The maximum Gasteiger partial charge on any atom is 0.311 e. The Balaban J connectivity index is 2.01. The Morgan fingerprint density at radius 3 is 2.45 bits per heavy atom. The number of nitrogens with zero attached hydrogens (tertiary/aromatic N) is 1. The Morgan fingerprint density at radius 1 is 1.17 bits per heavy atom. The number of carbonyl (C=O) groups is 3. The van der Waals surface area contributed by atoms with Crippen molar-refractivity contribution >= 4 is 34.3 Å². The molecule has 0 radical (unpaired) electrons. The van der Waals surface area contributed by atoms with Gasteiger partial charge in [0.05, 0.1) is 25.8 Å². The highest BCUT2D eigenvalue weighted by Gasteiger charge is 2.25. The first-order chi connectivity index (χ1) is 13.8. The van der Waals surface area contributed by atoms with Gasteiger partial charge in [0.15, 0.2) is 5.13 Å². The lowest BCUT2D eigenvalue weighted by Crippen LogP contribution is -2.47. The van der Waals surface area contributed by atoms with Crippen molar-refractivity contribution in [3.8, 4) is 5.75 Å². The predicted octanol–water partition coefficient (Wildman–Crippen LogP) is 2.65. The average Bonchev–Trinajstić information content (AvgIpc) is 3.12. The Bertz CT molecular complexity index is 848. The van der Waals surface area contributed by atoms with Crippen molar-refractivity contribution < 1.29 is 23.9 Å². The average molecular weight is 420 g/mol. The van der Waals surface area contributed by atoms with Crippen molar-refractivity contribution in [1.82, 2.24) is 10.3 Å². The lowest BCUT2D eigenvalue weighted by Gasteiger charge is -2.21. The summed E-state index contributed by atoms with van der Waals surface area (Å²) in [5.41, 5.74) is 0.947. The summed E-state index contributed by atoms with van der Waals surface area (Å²) in [6.07, 6.45) is 0.0437. The SMILES string of the molecule is CCOC(=O)Cc1csc(NC(=O)C(NC(=O)c2ccc(OC)cc2)C(C)C)n1. The molecule has 2 N–H and O–H groups in total. The van der Waals surface area contributed by atoms with E-state index < -0.39 is 6.04 Å². The highest BCUT2D eigenvalue weighted by Crippen LogP contribution is 2.18. The van der Waals surface area contributed by atoms with Gasteiger partial charge in [-0.15, -0.1) is 11.3 Å². The van der Waals surface area contributed by atoms with Crippen LogP contribution in [0.25, 0.3) is 0 Å². The molecule has 2 aromatic rings. The van der Waals surface area contributed by atoms with Gasteiger partial charge in [-0.3, -0.25) is 14.4 Å². The van der Waals surface area contributed by atoms with E-state index in [1.807, 2.05) is 13.8 Å². The number of carbonyl (C=O) groups excluding carboxylic acids is 3. The highest BCUT2D eigenvalue weighted by molar-refractivity contribution is 7.13. The molecular weight excluding hydrogens is 394 g/mol. The van der Waals surface area contributed by atoms with Crippen LogP contribution in [0.1, 0.15) is 36.8 Å². The summed E-state index contributed by atoms with van der Waals surface area (Å²) in [7, 11) is 1.55. The number of hydrogen-bond donors (Lipinski definition) is 2. The van der Waals surface area contributed by atoms with Gasteiger partial charge in [0.1, 0.15) is 11.8 Å². The van der Waals surface area contributed by atoms with Crippen LogP contribution in [0.3, 0.4) is 0 Å². The number of hydrogen-bond acceptors (Lipinski definition) is 7. The summed E-state index contributed by atoms with van der Waals surface area (Å²) in [6, 6.07) is 5.87. The van der Waals surface area contributed by atoms with Crippen molar-refractivity contribution in [1.29, 1.82) is 0 Å². The number of nitrogens with one attached hydrogen (secondary N) is 2. The minimum Gasteiger partial charge on any atom is -0.497 e.